The third-order valence-corrected chi connectivity index (χ3v) is 4.54. The molecule has 1 N–H and O–H groups in total. The lowest BCUT2D eigenvalue weighted by molar-refractivity contribution is -0.0328. The van der Waals surface area contributed by atoms with Crippen molar-refractivity contribution in [2.75, 3.05) is 5.32 Å². The van der Waals surface area contributed by atoms with E-state index in [1.165, 1.54) is 12.1 Å². The molecule has 0 amide bonds. The van der Waals surface area contributed by atoms with E-state index in [-0.39, 0.29) is 16.7 Å². The first-order chi connectivity index (χ1) is 9.83. The molecule has 0 aromatic heterocycles. The molecule has 7 heteroatoms. The molecule has 0 saturated heterocycles. The van der Waals surface area contributed by atoms with Crippen LogP contribution in [0, 0.1) is 0 Å². The van der Waals surface area contributed by atoms with Gasteiger partial charge in [-0.3, -0.25) is 0 Å². The van der Waals surface area contributed by atoms with Gasteiger partial charge >= 0.3 is 5.51 Å². The molecule has 1 nitrogen and oxygen atoms in total. The van der Waals surface area contributed by atoms with Crippen LogP contribution in [0.4, 0.5) is 18.9 Å². The molecule has 0 heterocycles. The highest BCUT2D eigenvalue weighted by molar-refractivity contribution is 9.10. The molecule has 0 aliphatic heterocycles. The summed E-state index contributed by atoms with van der Waals surface area (Å²) >= 11 is 9.17. The van der Waals surface area contributed by atoms with E-state index in [4.69, 9.17) is 11.6 Å². The van der Waals surface area contributed by atoms with Crippen LogP contribution in [-0.4, -0.2) is 5.51 Å². The van der Waals surface area contributed by atoms with Gasteiger partial charge in [-0.1, -0.05) is 23.7 Å². The molecule has 112 valence electrons. The van der Waals surface area contributed by atoms with Gasteiger partial charge in [0.15, 0.2) is 0 Å². The first-order valence-electron chi connectivity index (χ1n) is 5.87. The summed E-state index contributed by atoms with van der Waals surface area (Å²) in [6.45, 7) is 0.509. The summed E-state index contributed by atoms with van der Waals surface area (Å²) in [5.41, 5.74) is -2.52. The number of alkyl halides is 3. The zero-order valence-electron chi connectivity index (χ0n) is 10.5. The van der Waals surface area contributed by atoms with Gasteiger partial charge in [0.05, 0.1) is 5.02 Å². The van der Waals surface area contributed by atoms with Crippen LogP contribution >= 0.6 is 39.3 Å². The lowest BCUT2D eigenvalue weighted by atomic mass is 10.2. The molecular weight excluding hydrogens is 387 g/mol. The summed E-state index contributed by atoms with van der Waals surface area (Å²) in [6.07, 6.45) is 0. The summed E-state index contributed by atoms with van der Waals surface area (Å²) in [5.74, 6) is 0. The molecule has 0 fully saturated rings. The minimum absolute atomic E-state index is 0.116. The number of nitrogens with one attached hydrogen (secondary N) is 1. The Morgan fingerprint density at radius 1 is 1.10 bits per heavy atom. The Balaban J connectivity index is 1.96. The average molecular weight is 397 g/mol. The van der Waals surface area contributed by atoms with Crippen LogP contribution in [0.15, 0.2) is 51.8 Å². The fourth-order valence-corrected chi connectivity index (χ4v) is 2.59. The molecule has 0 spiro atoms. The van der Waals surface area contributed by atoms with E-state index in [9.17, 15) is 13.2 Å². The normalized spacial score (nSPS) is 11.5. The van der Waals surface area contributed by atoms with Crippen molar-refractivity contribution < 1.29 is 13.2 Å². The van der Waals surface area contributed by atoms with Gasteiger partial charge in [-0.2, -0.15) is 13.2 Å². The second-order valence-electron chi connectivity index (χ2n) is 4.17. The molecule has 2 aromatic rings. The first-order valence-corrected chi connectivity index (χ1v) is 7.86. The summed E-state index contributed by atoms with van der Waals surface area (Å²) in [6, 6.07) is 11.7. The van der Waals surface area contributed by atoms with E-state index in [2.05, 4.69) is 21.2 Å². The highest BCUT2D eigenvalue weighted by Crippen LogP contribution is 2.36. The van der Waals surface area contributed by atoms with Crippen LogP contribution in [0.5, 0.6) is 0 Å². The van der Waals surface area contributed by atoms with Crippen LogP contribution in [0.2, 0.25) is 5.02 Å². The second kappa shape index (κ2) is 6.94. The lowest BCUT2D eigenvalue weighted by Gasteiger charge is -2.09. The topological polar surface area (TPSA) is 12.0 Å². The Bertz CT molecular complexity index is 617. The van der Waals surface area contributed by atoms with Gasteiger partial charge in [0, 0.05) is 21.6 Å². The average Bonchev–Trinajstić information content (AvgIpc) is 2.40. The summed E-state index contributed by atoms with van der Waals surface area (Å²) < 4.78 is 37.5. The Morgan fingerprint density at radius 3 is 2.33 bits per heavy atom. The quantitative estimate of drug-likeness (QED) is 0.606. The highest BCUT2D eigenvalue weighted by Gasteiger charge is 2.28. The second-order valence-corrected chi connectivity index (χ2v) is 6.57. The molecule has 0 bridgehead atoms. The maximum atomic E-state index is 12.2. The molecule has 21 heavy (non-hydrogen) atoms. The highest BCUT2D eigenvalue weighted by atomic mass is 79.9. The summed E-state index contributed by atoms with van der Waals surface area (Å²) in [5, 5.41) is 3.76. The van der Waals surface area contributed by atoms with Gasteiger partial charge in [0.2, 0.25) is 0 Å². The molecule has 2 rings (SSSR count). The molecule has 2 aromatic carbocycles. The van der Waals surface area contributed by atoms with Crippen LogP contribution in [0.1, 0.15) is 5.56 Å². The number of anilines is 1. The molecule has 0 saturated carbocycles. The molecule has 0 atom stereocenters. The van der Waals surface area contributed by atoms with E-state index in [0.717, 1.165) is 15.7 Å². The lowest BCUT2D eigenvalue weighted by Crippen LogP contribution is -2.01. The maximum absolute atomic E-state index is 12.2. The van der Waals surface area contributed by atoms with Gasteiger partial charge in [-0.15, -0.1) is 0 Å². The Morgan fingerprint density at radius 2 is 1.76 bits per heavy atom. The van der Waals surface area contributed by atoms with E-state index >= 15 is 0 Å². The van der Waals surface area contributed by atoms with Crippen molar-refractivity contribution in [2.45, 2.75) is 16.9 Å². The van der Waals surface area contributed by atoms with Crippen LogP contribution < -0.4 is 5.32 Å². The van der Waals surface area contributed by atoms with E-state index in [1.54, 1.807) is 18.2 Å². The van der Waals surface area contributed by atoms with Gasteiger partial charge < -0.3 is 5.32 Å². The zero-order valence-corrected chi connectivity index (χ0v) is 13.7. The van der Waals surface area contributed by atoms with Crippen LogP contribution in [0.3, 0.4) is 0 Å². The SMILES string of the molecule is FC(F)(F)Sc1ccc(CNc2ccc(Br)c(Cl)c2)cc1. The molecule has 0 unspecified atom stereocenters. The molecule has 0 aliphatic rings. The van der Waals surface area contributed by atoms with Gasteiger partial charge in [0.25, 0.3) is 0 Å². The van der Waals surface area contributed by atoms with Crippen molar-refractivity contribution in [3.63, 3.8) is 0 Å². The van der Waals surface area contributed by atoms with E-state index in [0.29, 0.717) is 11.6 Å². The predicted octanol–water partition coefficient (Wildman–Crippen LogP) is 6.33. The van der Waals surface area contributed by atoms with E-state index in [1.807, 2.05) is 12.1 Å². The molecular formula is C14H10BrClF3NS. The van der Waals surface area contributed by atoms with Crippen molar-refractivity contribution in [1.82, 2.24) is 0 Å². The van der Waals surface area contributed by atoms with E-state index < -0.39 is 5.51 Å². The minimum atomic E-state index is -4.26. The Labute approximate surface area is 138 Å². The predicted molar refractivity (Wildman–Crippen MR) is 84.8 cm³/mol. The fourth-order valence-electron chi connectivity index (χ4n) is 1.62. The van der Waals surface area contributed by atoms with Crippen molar-refractivity contribution in [3.05, 3.63) is 57.5 Å². The third-order valence-electron chi connectivity index (χ3n) is 2.57. The maximum Gasteiger partial charge on any atom is 0.446 e. The number of halogens is 5. The third kappa shape index (κ3) is 5.45. The number of rotatable bonds is 4. The zero-order chi connectivity index (χ0) is 15.5. The van der Waals surface area contributed by atoms with Crippen LogP contribution in [-0.2, 0) is 6.54 Å². The largest absolute Gasteiger partial charge is 0.446 e. The number of thioether (sulfide) groups is 1. The van der Waals surface area contributed by atoms with Gasteiger partial charge in [0.1, 0.15) is 0 Å². The number of benzene rings is 2. The number of hydrogen-bond acceptors (Lipinski definition) is 2. The van der Waals surface area contributed by atoms with Gasteiger partial charge in [-0.05, 0) is 63.6 Å². The standard InChI is InChI=1S/C14H10BrClF3NS/c15-12-6-3-10(7-13(12)16)20-8-9-1-4-11(5-2-9)21-14(17,18)19/h1-7,20H,8H2. The van der Waals surface area contributed by atoms with Gasteiger partial charge in [-0.25, -0.2) is 0 Å². The molecule has 0 aliphatic carbocycles. The smallest absolute Gasteiger partial charge is 0.381 e. The Hall–Kier alpha value is -0.850. The van der Waals surface area contributed by atoms with Crippen molar-refractivity contribution in [1.29, 1.82) is 0 Å². The summed E-state index contributed by atoms with van der Waals surface area (Å²) in [4.78, 5) is 0.179. The summed E-state index contributed by atoms with van der Waals surface area (Å²) in [7, 11) is 0. The van der Waals surface area contributed by atoms with Crippen molar-refractivity contribution in [3.8, 4) is 0 Å². The first kappa shape index (κ1) is 16.5. The van der Waals surface area contributed by atoms with Crippen LogP contribution in [0.25, 0.3) is 0 Å². The molecule has 0 radical (unpaired) electrons. The number of hydrogen-bond donors (Lipinski definition) is 1. The van der Waals surface area contributed by atoms with Crippen molar-refractivity contribution >= 4 is 45.0 Å². The fraction of sp³-hybridized carbons (Fsp3) is 0.143. The monoisotopic (exact) mass is 395 g/mol. The minimum Gasteiger partial charge on any atom is -0.381 e. The van der Waals surface area contributed by atoms with Crippen molar-refractivity contribution in [2.24, 2.45) is 0 Å². The Kier molecular flexibility index (Phi) is 5.46.